The van der Waals surface area contributed by atoms with Gasteiger partial charge in [-0.2, -0.15) is 0 Å². The molecule has 2 aromatic carbocycles. The van der Waals surface area contributed by atoms with E-state index in [0.717, 1.165) is 5.56 Å². The molecule has 5 heteroatoms. The molecule has 0 bridgehead atoms. The van der Waals surface area contributed by atoms with Gasteiger partial charge in [0.2, 0.25) is 0 Å². The fourth-order valence-corrected chi connectivity index (χ4v) is 2.90. The summed E-state index contributed by atoms with van der Waals surface area (Å²) in [6, 6.07) is 15.3. The summed E-state index contributed by atoms with van der Waals surface area (Å²) in [5.41, 5.74) is 0.860. The Morgan fingerprint density at radius 3 is 2.19 bits per heavy atom. The molecule has 0 N–H and O–H groups in total. The van der Waals surface area contributed by atoms with Crippen molar-refractivity contribution in [3.8, 4) is 0 Å². The molecule has 0 heterocycles. The summed E-state index contributed by atoms with van der Waals surface area (Å²) >= 11 is 0. The minimum Gasteiger partial charge on any atom is -0.466 e. The molecule has 0 unspecified atom stereocenters. The van der Waals surface area contributed by atoms with E-state index in [1.54, 1.807) is 12.1 Å². The van der Waals surface area contributed by atoms with Gasteiger partial charge in [-0.05, 0) is 36.1 Å². The molecule has 0 aromatic heterocycles. The predicted molar refractivity (Wildman–Crippen MR) is 101 cm³/mol. The number of rotatable bonds is 9. The molecule has 27 heavy (non-hydrogen) atoms. The average molecular weight is 372 g/mol. The van der Waals surface area contributed by atoms with Gasteiger partial charge in [-0.25, -0.2) is 19.0 Å². The van der Waals surface area contributed by atoms with Gasteiger partial charge in [-0.15, -0.1) is 0 Å². The van der Waals surface area contributed by atoms with E-state index in [9.17, 15) is 9.18 Å². The summed E-state index contributed by atoms with van der Waals surface area (Å²) in [5.74, 6) is -0.894. The van der Waals surface area contributed by atoms with Gasteiger partial charge in [0, 0.05) is 0 Å². The fraction of sp³-hybridized carbons (Fsp3) is 0.318. The molecule has 1 atom stereocenters. The molecule has 0 aliphatic rings. The van der Waals surface area contributed by atoms with Crippen LogP contribution >= 0.6 is 0 Å². The highest BCUT2D eigenvalue weighted by Crippen LogP contribution is 2.36. The standard InChI is InChI=1S/C22H25FO4/c1-5-22(6-2,18-12-14-19(23)15-13-18)27-26-20(16(3)21(24)25-4)17-10-8-7-9-11-17/h7-15,20H,3,5-6H2,1-2,4H3/t20-/m1/s1. The second-order valence-electron chi connectivity index (χ2n) is 6.20. The first kappa shape index (κ1) is 20.8. The highest BCUT2D eigenvalue weighted by Gasteiger charge is 2.34. The molecule has 0 radical (unpaired) electrons. The van der Waals surface area contributed by atoms with Gasteiger partial charge in [-0.1, -0.05) is 62.9 Å². The summed E-state index contributed by atoms with van der Waals surface area (Å²) in [6.45, 7) is 7.73. The highest BCUT2D eigenvalue weighted by atomic mass is 19.1. The molecule has 0 saturated heterocycles. The first-order valence-corrected chi connectivity index (χ1v) is 8.90. The normalized spacial score (nSPS) is 12.4. The summed E-state index contributed by atoms with van der Waals surface area (Å²) in [4.78, 5) is 23.6. The van der Waals surface area contributed by atoms with Crippen molar-refractivity contribution in [2.45, 2.75) is 38.4 Å². The van der Waals surface area contributed by atoms with Crippen molar-refractivity contribution in [2.75, 3.05) is 7.11 Å². The van der Waals surface area contributed by atoms with Crippen LogP contribution < -0.4 is 0 Å². The van der Waals surface area contributed by atoms with Crippen LogP contribution in [0.3, 0.4) is 0 Å². The summed E-state index contributed by atoms with van der Waals surface area (Å²) < 4.78 is 18.1. The average Bonchev–Trinajstić information content (AvgIpc) is 2.72. The smallest absolute Gasteiger partial charge is 0.336 e. The van der Waals surface area contributed by atoms with Gasteiger partial charge < -0.3 is 4.74 Å². The number of hydrogen-bond donors (Lipinski definition) is 0. The Balaban J connectivity index is 2.31. The number of esters is 1. The van der Waals surface area contributed by atoms with Crippen molar-refractivity contribution in [2.24, 2.45) is 0 Å². The molecule has 0 spiro atoms. The maximum absolute atomic E-state index is 13.3. The van der Waals surface area contributed by atoms with Gasteiger partial charge in [0.1, 0.15) is 17.5 Å². The number of ether oxygens (including phenoxy) is 1. The number of halogens is 1. The Labute approximate surface area is 159 Å². The molecule has 2 aromatic rings. The lowest BCUT2D eigenvalue weighted by Crippen LogP contribution is -2.30. The second kappa shape index (κ2) is 9.44. The van der Waals surface area contributed by atoms with E-state index in [-0.39, 0.29) is 11.4 Å². The Kier molecular flexibility index (Phi) is 7.28. The maximum Gasteiger partial charge on any atom is 0.336 e. The molecule has 144 valence electrons. The zero-order chi connectivity index (χ0) is 19.9. The van der Waals surface area contributed by atoms with Crippen LogP contribution in [-0.4, -0.2) is 13.1 Å². The van der Waals surface area contributed by atoms with Crippen LogP contribution in [0.1, 0.15) is 43.9 Å². The van der Waals surface area contributed by atoms with E-state index in [2.05, 4.69) is 6.58 Å². The second-order valence-corrected chi connectivity index (χ2v) is 6.20. The number of benzene rings is 2. The molecule has 0 aliphatic heterocycles. The largest absolute Gasteiger partial charge is 0.466 e. The number of hydrogen-bond acceptors (Lipinski definition) is 4. The van der Waals surface area contributed by atoms with Crippen LogP contribution in [0.25, 0.3) is 0 Å². The molecule has 4 nitrogen and oxygen atoms in total. The van der Waals surface area contributed by atoms with Gasteiger partial charge in [0.05, 0.1) is 12.7 Å². The maximum atomic E-state index is 13.3. The van der Waals surface area contributed by atoms with Crippen molar-refractivity contribution in [1.82, 2.24) is 0 Å². The third-order valence-corrected chi connectivity index (χ3v) is 4.68. The van der Waals surface area contributed by atoms with E-state index < -0.39 is 17.7 Å². The monoisotopic (exact) mass is 372 g/mol. The van der Waals surface area contributed by atoms with Crippen molar-refractivity contribution in [1.29, 1.82) is 0 Å². The Morgan fingerprint density at radius 1 is 1.07 bits per heavy atom. The molecule has 0 amide bonds. The van der Waals surface area contributed by atoms with Gasteiger partial charge in [-0.3, -0.25) is 0 Å². The van der Waals surface area contributed by atoms with Crippen LogP contribution in [0.5, 0.6) is 0 Å². The number of carbonyl (C=O) groups excluding carboxylic acids is 1. The minimum atomic E-state index is -0.823. The predicted octanol–water partition coefficient (Wildman–Crippen LogP) is 5.26. The van der Waals surface area contributed by atoms with Crippen molar-refractivity contribution in [3.05, 3.63) is 83.7 Å². The number of methoxy groups -OCH3 is 1. The van der Waals surface area contributed by atoms with E-state index in [4.69, 9.17) is 14.5 Å². The van der Waals surface area contributed by atoms with Gasteiger partial charge >= 0.3 is 5.97 Å². The van der Waals surface area contributed by atoms with Crippen LogP contribution in [0.15, 0.2) is 66.7 Å². The lowest BCUT2D eigenvalue weighted by atomic mass is 9.88. The fourth-order valence-electron chi connectivity index (χ4n) is 2.90. The van der Waals surface area contributed by atoms with Crippen LogP contribution in [0, 0.1) is 5.82 Å². The highest BCUT2D eigenvalue weighted by molar-refractivity contribution is 5.89. The zero-order valence-electron chi connectivity index (χ0n) is 15.9. The molecular weight excluding hydrogens is 347 g/mol. The topological polar surface area (TPSA) is 44.8 Å². The third-order valence-electron chi connectivity index (χ3n) is 4.68. The third kappa shape index (κ3) is 4.81. The Morgan fingerprint density at radius 2 is 1.67 bits per heavy atom. The van der Waals surface area contributed by atoms with E-state index in [1.807, 2.05) is 44.2 Å². The van der Waals surface area contributed by atoms with Gasteiger partial charge in [0.25, 0.3) is 0 Å². The van der Waals surface area contributed by atoms with Crippen LogP contribution in [0.4, 0.5) is 4.39 Å². The zero-order valence-corrected chi connectivity index (χ0v) is 15.9. The SMILES string of the molecule is C=C(C(=O)OC)[C@@H](OOC(CC)(CC)c1ccc(F)cc1)c1ccccc1. The van der Waals surface area contributed by atoms with Crippen molar-refractivity contribution >= 4 is 5.97 Å². The van der Waals surface area contributed by atoms with E-state index in [1.165, 1.54) is 19.2 Å². The van der Waals surface area contributed by atoms with E-state index >= 15 is 0 Å². The molecule has 0 saturated carbocycles. The van der Waals surface area contributed by atoms with Crippen LogP contribution in [0.2, 0.25) is 0 Å². The lowest BCUT2D eigenvalue weighted by Gasteiger charge is -2.32. The summed E-state index contributed by atoms with van der Waals surface area (Å²) in [6.07, 6.45) is 0.374. The summed E-state index contributed by atoms with van der Waals surface area (Å²) in [7, 11) is 1.29. The first-order chi connectivity index (χ1) is 13.0. The first-order valence-electron chi connectivity index (χ1n) is 8.90. The van der Waals surface area contributed by atoms with E-state index in [0.29, 0.717) is 18.4 Å². The Hall–Kier alpha value is -2.50. The van der Waals surface area contributed by atoms with Crippen LogP contribution in [-0.2, 0) is 24.9 Å². The minimum absolute atomic E-state index is 0.129. The quantitative estimate of drug-likeness (QED) is 0.261. The van der Waals surface area contributed by atoms with Crippen molar-refractivity contribution < 1.29 is 23.7 Å². The Bertz CT molecular complexity index is 752. The molecule has 0 aliphatic carbocycles. The van der Waals surface area contributed by atoms with Crippen molar-refractivity contribution in [3.63, 3.8) is 0 Å². The number of carbonyl (C=O) groups is 1. The molecule has 0 fully saturated rings. The molecule has 2 rings (SSSR count). The van der Waals surface area contributed by atoms with Gasteiger partial charge in [0.15, 0.2) is 0 Å². The molecular formula is C22H25FO4. The summed E-state index contributed by atoms with van der Waals surface area (Å²) in [5, 5.41) is 0. The lowest BCUT2D eigenvalue weighted by molar-refractivity contribution is -0.388.